The average molecular weight is 269 g/mol. The van der Waals surface area contributed by atoms with E-state index in [-0.39, 0.29) is 0 Å². The summed E-state index contributed by atoms with van der Waals surface area (Å²) >= 11 is 2.13. The minimum absolute atomic E-state index is 0.345. The Labute approximate surface area is 119 Å². The van der Waals surface area contributed by atoms with Crippen LogP contribution in [0.2, 0.25) is 0 Å². The van der Waals surface area contributed by atoms with Crippen molar-refractivity contribution >= 4 is 11.8 Å². The maximum absolute atomic E-state index is 2.49. The Morgan fingerprint density at radius 2 is 1.50 bits per heavy atom. The first-order valence-corrected chi connectivity index (χ1v) is 8.20. The summed E-state index contributed by atoms with van der Waals surface area (Å²) in [6, 6.07) is 0. The molecule has 0 aromatic heterocycles. The van der Waals surface area contributed by atoms with Crippen molar-refractivity contribution in [1.82, 2.24) is 0 Å². The third kappa shape index (κ3) is 4.05. The molecule has 0 aliphatic heterocycles. The van der Waals surface area contributed by atoms with Crippen LogP contribution < -0.4 is 0 Å². The monoisotopic (exact) mass is 268 g/mol. The number of rotatable bonds is 2. The molecule has 0 unspecified atom stereocenters. The van der Waals surface area contributed by atoms with Crippen LogP contribution in [0.15, 0.2) is 12.2 Å². The molecule has 106 valence electrons. The zero-order valence-corrected chi connectivity index (χ0v) is 14.5. The van der Waals surface area contributed by atoms with Crippen LogP contribution in [0.5, 0.6) is 0 Å². The first-order valence-electron chi connectivity index (χ1n) is 7.21. The Bertz CT molecular complexity index is 315. The molecule has 0 amide bonds. The van der Waals surface area contributed by atoms with Crippen molar-refractivity contribution in [1.29, 1.82) is 0 Å². The molecule has 2 atom stereocenters. The van der Waals surface area contributed by atoms with Gasteiger partial charge in [-0.15, -0.1) is 0 Å². The maximum Gasteiger partial charge on any atom is 0.0311 e. The van der Waals surface area contributed by atoms with E-state index in [4.69, 9.17) is 0 Å². The summed E-state index contributed by atoms with van der Waals surface area (Å²) in [6.07, 6.45) is 7.59. The lowest BCUT2D eigenvalue weighted by atomic mass is 9.62. The Hall–Kier alpha value is 0.0900. The maximum atomic E-state index is 2.49. The molecule has 18 heavy (non-hydrogen) atoms. The molecule has 1 aliphatic carbocycles. The summed E-state index contributed by atoms with van der Waals surface area (Å²) in [5, 5.41) is 0. The summed E-state index contributed by atoms with van der Waals surface area (Å²) in [5.74, 6) is 1.24. The average Bonchev–Trinajstić information content (AvgIpc) is 2.18. The first kappa shape index (κ1) is 16.1. The summed E-state index contributed by atoms with van der Waals surface area (Å²) in [5.41, 5.74) is 1.14. The second kappa shape index (κ2) is 4.89. The van der Waals surface area contributed by atoms with Crippen molar-refractivity contribution < 1.29 is 0 Å². The van der Waals surface area contributed by atoms with Crippen molar-refractivity contribution in [2.24, 2.45) is 16.2 Å². The highest BCUT2D eigenvalue weighted by Crippen LogP contribution is 2.50. The third-order valence-electron chi connectivity index (χ3n) is 4.49. The highest BCUT2D eigenvalue weighted by molar-refractivity contribution is 8.00. The summed E-state index contributed by atoms with van der Waals surface area (Å²) in [4.78, 5) is 0. The minimum atomic E-state index is 0.345. The molecular weight excluding hydrogens is 236 g/mol. The second-order valence-electron chi connectivity index (χ2n) is 8.66. The van der Waals surface area contributed by atoms with Crippen LogP contribution in [0.25, 0.3) is 0 Å². The summed E-state index contributed by atoms with van der Waals surface area (Å²) in [7, 11) is 0. The molecular formula is C17H32S. The van der Waals surface area contributed by atoms with Crippen LogP contribution in [-0.2, 0) is 0 Å². The van der Waals surface area contributed by atoms with Gasteiger partial charge in [-0.3, -0.25) is 0 Å². The second-order valence-corrected chi connectivity index (χ2v) is 10.2. The molecule has 0 heterocycles. The van der Waals surface area contributed by atoms with Gasteiger partial charge in [-0.05, 0) is 41.8 Å². The number of hydrogen-bond acceptors (Lipinski definition) is 1. The van der Waals surface area contributed by atoms with E-state index in [1.807, 2.05) is 0 Å². The van der Waals surface area contributed by atoms with E-state index in [0.717, 1.165) is 0 Å². The van der Waals surface area contributed by atoms with Crippen molar-refractivity contribution in [3.63, 3.8) is 0 Å². The van der Waals surface area contributed by atoms with Crippen molar-refractivity contribution in [2.75, 3.05) is 5.75 Å². The van der Waals surface area contributed by atoms with Crippen LogP contribution in [-0.4, -0.2) is 10.5 Å². The van der Waals surface area contributed by atoms with Gasteiger partial charge < -0.3 is 0 Å². The van der Waals surface area contributed by atoms with Crippen molar-refractivity contribution in [3.05, 3.63) is 12.2 Å². The van der Waals surface area contributed by atoms with Gasteiger partial charge in [0.2, 0.25) is 0 Å². The Kier molecular flexibility index (Phi) is 4.38. The van der Waals surface area contributed by atoms with Crippen LogP contribution in [0.1, 0.15) is 68.2 Å². The molecule has 0 spiro atoms. The quantitative estimate of drug-likeness (QED) is 0.560. The van der Waals surface area contributed by atoms with Crippen LogP contribution >= 0.6 is 11.8 Å². The standard InChI is InChI=1S/C17H32S/c1-14(2,3)13-18-17(8)11-9-16(7,10-12-17)15(4,5)6/h9,11H,10,12-13H2,1-8H3/t16-,17+/m1/s1. The fourth-order valence-corrected chi connectivity index (χ4v) is 3.33. The number of allylic oxidation sites excluding steroid dienone is 1. The van der Waals surface area contributed by atoms with Crippen molar-refractivity contribution in [3.8, 4) is 0 Å². The number of thioether (sulfide) groups is 1. The Morgan fingerprint density at radius 3 is 1.83 bits per heavy atom. The lowest BCUT2D eigenvalue weighted by Gasteiger charge is -2.46. The minimum Gasteiger partial charge on any atom is -0.151 e. The molecule has 0 saturated heterocycles. The summed E-state index contributed by atoms with van der Waals surface area (Å²) in [6.45, 7) is 18.9. The van der Waals surface area contributed by atoms with Gasteiger partial charge in [0.05, 0.1) is 0 Å². The molecule has 0 N–H and O–H groups in total. The molecule has 0 aromatic rings. The molecule has 0 bridgehead atoms. The van der Waals surface area contributed by atoms with E-state index >= 15 is 0 Å². The predicted molar refractivity (Wildman–Crippen MR) is 86.3 cm³/mol. The molecule has 0 nitrogen and oxygen atoms in total. The van der Waals surface area contributed by atoms with Gasteiger partial charge in [0, 0.05) is 4.75 Å². The number of hydrogen-bond donors (Lipinski definition) is 0. The van der Waals surface area contributed by atoms with Crippen LogP contribution in [0.4, 0.5) is 0 Å². The highest BCUT2D eigenvalue weighted by Gasteiger charge is 2.40. The largest absolute Gasteiger partial charge is 0.151 e. The highest BCUT2D eigenvalue weighted by atomic mass is 32.2. The van der Waals surface area contributed by atoms with E-state index in [2.05, 4.69) is 79.3 Å². The van der Waals surface area contributed by atoms with Gasteiger partial charge in [0.25, 0.3) is 0 Å². The molecule has 0 saturated carbocycles. The lowest BCUT2D eigenvalue weighted by Crippen LogP contribution is -2.37. The normalized spacial score (nSPS) is 33.8. The van der Waals surface area contributed by atoms with E-state index in [9.17, 15) is 0 Å². The fourth-order valence-electron chi connectivity index (χ4n) is 2.16. The van der Waals surface area contributed by atoms with Crippen molar-refractivity contribution in [2.45, 2.75) is 73.0 Å². The van der Waals surface area contributed by atoms with Crippen LogP contribution in [0, 0.1) is 16.2 Å². The van der Waals surface area contributed by atoms with Gasteiger partial charge in [0.15, 0.2) is 0 Å². The van der Waals surface area contributed by atoms with Gasteiger partial charge in [-0.2, -0.15) is 11.8 Å². The molecule has 0 fully saturated rings. The summed E-state index contributed by atoms with van der Waals surface area (Å²) < 4.78 is 0.345. The lowest BCUT2D eigenvalue weighted by molar-refractivity contribution is 0.141. The smallest absolute Gasteiger partial charge is 0.0311 e. The zero-order chi connectivity index (χ0) is 14.2. The molecule has 1 heteroatoms. The van der Waals surface area contributed by atoms with E-state index < -0.39 is 0 Å². The third-order valence-corrected chi connectivity index (χ3v) is 6.50. The van der Waals surface area contributed by atoms with E-state index in [1.54, 1.807) is 0 Å². The first-order chi connectivity index (χ1) is 7.87. The van der Waals surface area contributed by atoms with E-state index in [0.29, 0.717) is 21.0 Å². The molecule has 0 radical (unpaired) electrons. The van der Waals surface area contributed by atoms with E-state index in [1.165, 1.54) is 18.6 Å². The van der Waals surface area contributed by atoms with Gasteiger partial charge >= 0.3 is 0 Å². The van der Waals surface area contributed by atoms with Crippen LogP contribution in [0.3, 0.4) is 0 Å². The molecule has 1 rings (SSSR count). The predicted octanol–water partition coefficient (Wildman–Crippen LogP) is 5.93. The van der Waals surface area contributed by atoms with Gasteiger partial charge in [-0.1, -0.05) is 60.6 Å². The Morgan fingerprint density at radius 1 is 0.944 bits per heavy atom. The van der Waals surface area contributed by atoms with Gasteiger partial charge in [0.1, 0.15) is 0 Å². The topological polar surface area (TPSA) is 0 Å². The van der Waals surface area contributed by atoms with Gasteiger partial charge in [-0.25, -0.2) is 0 Å². The molecule has 1 aliphatic rings. The SMILES string of the molecule is CC(C)(C)CS[C@@]1(C)C=C[C@@](C)(C(C)(C)C)CC1. The zero-order valence-electron chi connectivity index (χ0n) is 13.7. The fraction of sp³-hybridized carbons (Fsp3) is 0.882. The molecule has 0 aromatic carbocycles. The Balaban J connectivity index is 2.73.